The van der Waals surface area contributed by atoms with Crippen LogP contribution in [0.3, 0.4) is 0 Å². The van der Waals surface area contributed by atoms with E-state index in [0.717, 1.165) is 25.6 Å². The number of hydrogen-bond donors (Lipinski definition) is 1. The molecule has 0 saturated carbocycles. The first kappa shape index (κ1) is 11.9. The predicted molar refractivity (Wildman–Crippen MR) is 53.3 cm³/mol. The summed E-state index contributed by atoms with van der Waals surface area (Å²) in [6, 6.07) is 0. The molecule has 0 heterocycles. The van der Waals surface area contributed by atoms with Gasteiger partial charge in [0.05, 0.1) is 6.61 Å². The topological polar surface area (TPSA) is 23.5 Å². The van der Waals surface area contributed by atoms with Gasteiger partial charge in [0.1, 0.15) is 0 Å². The molecular weight excluding hydrogens is 150 g/mol. The second-order valence-electron chi connectivity index (χ2n) is 3.46. The monoisotopic (exact) mass is 173 g/mol. The summed E-state index contributed by atoms with van der Waals surface area (Å²) in [5.74, 6) is 0.817. The fraction of sp³-hybridized carbons (Fsp3) is 1.00. The van der Waals surface area contributed by atoms with Crippen LogP contribution in [0.25, 0.3) is 0 Å². The van der Waals surface area contributed by atoms with Crippen molar-refractivity contribution < 1.29 is 5.11 Å². The Bertz CT molecular complexity index is 95.8. The van der Waals surface area contributed by atoms with Gasteiger partial charge < -0.3 is 10.0 Å². The van der Waals surface area contributed by atoms with Crippen molar-refractivity contribution in [1.29, 1.82) is 0 Å². The molecule has 0 rings (SSSR count). The van der Waals surface area contributed by atoms with Gasteiger partial charge in [-0.15, -0.1) is 0 Å². The lowest BCUT2D eigenvalue weighted by molar-refractivity contribution is 0.194. The van der Waals surface area contributed by atoms with Crippen LogP contribution in [0.2, 0.25) is 0 Å². The molecule has 0 aromatic rings. The molecule has 0 aromatic carbocycles. The lowest BCUT2D eigenvalue weighted by Gasteiger charge is -2.20. The van der Waals surface area contributed by atoms with Gasteiger partial charge in [-0.05, 0) is 25.4 Å². The Kier molecular flexibility index (Phi) is 7.51. The van der Waals surface area contributed by atoms with Crippen molar-refractivity contribution in [2.24, 2.45) is 5.92 Å². The third-order valence-corrected chi connectivity index (χ3v) is 2.50. The smallest absolute Gasteiger partial charge is 0.0558 e. The molecular formula is C10H23NO. The Labute approximate surface area is 76.6 Å². The molecule has 0 spiro atoms. The highest BCUT2D eigenvalue weighted by molar-refractivity contribution is 4.57. The van der Waals surface area contributed by atoms with Gasteiger partial charge >= 0.3 is 0 Å². The number of likely N-dealkylation sites (N-methyl/N-ethyl adjacent to an activating group) is 1. The molecule has 2 nitrogen and oxygen atoms in total. The van der Waals surface area contributed by atoms with Crippen LogP contribution >= 0.6 is 0 Å². The number of aliphatic hydroxyl groups is 1. The summed E-state index contributed by atoms with van der Waals surface area (Å²) in [6.07, 6.45) is 2.51. The van der Waals surface area contributed by atoms with E-state index >= 15 is 0 Å². The lowest BCUT2D eigenvalue weighted by atomic mass is 10.1. The van der Waals surface area contributed by atoms with Crippen molar-refractivity contribution in [3.05, 3.63) is 0 Å². The van der Waals surface area contributed by atoms with Crippen molar-refractivity contribution >= 4 is 0 Å². The van der Waals surface area contributed by atoms with E-state index in [0.29, 0.717) is 0 Å². The molecule has 0 fully saturated rings. The van der Waals surface area contributed by atoms with E-state index in [1.54, 1.807) is 0 Å². The molecule has 74 valence electrons. The lowest BCUT2D eigenvalue weighted by Crippen LogP contribution is -2.28. The Morgan fingerprint density at radius 1 is 1.25 bits per heavy atom. The Morgan fingerprint density at radius 2 is 1.92 bits per heavy atom. The highest BCUT2D eigenvalue weighted by atomic mass is 16.3. The van der Waals surface area contributed by atoms with E-state index in [9.17, 15) is 0 Å². The van der Waals surface area contributed by atoms with E-state index in [4.69, 9.17) is 5.11 Å². The normalized spacial score (nSPS) is 13.8. The first-order valence-corrected chi connectivity index (χ1v) is 5.07. The quantitative estimate of drug-likeness (QED) is 0.634. The summed E-state index contributed by atoms with van der Waals surface area (Å²) in [5, 5.41) is 8.75. The second kappa shape index (κ2) is 7.56. The van der Waals surface area contributed by atoms with Crippen molar-refractivity contribution in [1.82, 2.24) is 4.90 Å². The third-order valence-electron chi connectivity index (χ3n) is 2.50. The number of aliphatic hydroxyl groups excluding tert-OH is 1. The zero-order valence-electron chi connectivity index (χ0n) is 8.71. The van der Waals surface area contributed by atoms with Crippen LogP contribution in [0.1, 0.15) is 33.6 Å². The SMILES string of the molecule is CCC(C)CCN(CC)CCO. The molecule has 0 bridgehead atoms. The standard InChI is InChI=1S/C10H23NO/c1-4-10(3)6-7-11(5-2)8-9-12/h10,12H,4-9H2,1-3H3. The minimum atomic E-state index is 0.286. The molecule has 2 heteroatoms. The zero-order chi connectivity index (χ0) is 9.40. The van der Waals surface area contributed by atoms with E-state index in [2.05, 4.69) is 25.7 Å². The van der Waals surface area contributed by atoms with Crippen LogP contribution < -0.4 is 0 Å². The third kappa shape index (κ3) is 5.56. The number of nitrogens with zero attached hydrogens (tertiary/aromatic N) is 1. The average molecular weight is 173 g/mol. The molecule has 0 aliphatic carbocycles. The summed E-state index contributed by atoms with van der Waals surface area (Å²) in [6.45, 7) is 9.95. The summed E-state index contributed by atoms with van der Waals surface area (Å²) < 4.78 is 0. The van der Waals surface area contributed by atoms with Gasteiger partial charge in [0.25, 0.3) is 0 Å². The largest absolute Gasteiger partial charge is 0.395 e. The van der Waals surface area contributed by atoms with Gasteiger partial charge in [0, 0.05) is 6.54 Å². The van der Waals surface area contributed by atoms with Crippen molar-refractivity contribution in [2.45, 2.75) is 33.6 Å². The van der Waals surface area contributed by atoms with Gasteiger partial charge in [-0.3, -0.25) is 0 Å². The molecule has 1 N–H and O–H groups in total. The molecule has 1 unspecified atom stereocenters. The fourth-order valence-electron chi connectivity index (χ4n) is 1.18. The van der Waals surface area contributed by atoms with E-state index in [-0.39, 0.29) is 6.61 Å². The zero-order valence-corrected chi connectivity index (χ0v) is 8.71. The summed E-state index contributed by atoms with van der Waals surface area (Å²) >= 11 is 0. The van der Waals surface area contributed by atoms with Crippen molar-refractivity contribution in [3.63, 3.8) is 0 Å². The molecule has 0 aromatic heterocycles. The van der Waals surface area contributed by atoms with Crippen LogP contribution in [-0.2, 0) is 0 Å². The molecule has 0 saturated heterocycles. The van der Waals surface area contributed by atoms with Crippen LogP contribution in [0, 0.1) is 5.92 Å². The number of hydrogen-bond acceptors (Lipinski definition) is 2. The maximum Gasteiger partial charge on any atom is 0.0558 e. The van der Waals surface area contributed by atoms with Crippen molar-refractivity contribution in [2.75, 3.05) is 26.2 Å². The van der Waals surface area contributed by atoms with Crippen LogP contribution in [0.15, 0.2) is 0 Å². The molecule has 0 radical (unpaired) electrons. The highest BCUT2D eigenvalue weighted by Crippen LogP contribution is 2.06. The van der Waals surface area contributed by atoms with Crippen LogP contribution in [0.4, 0.5) is 0 Å². The fourth-order valence-corrected chi connectivity index (χ4v) is 1.18. The van der Waals surface area contributed by atoms with Gasteiger partial charge in [-0.25, -0.2) is 0 Å². The summed E-state index contributed by atoms with van der Waals surface area (Å²) in [7, 11) is 0. The maximum absolute atomic E-state index is 8.75. The Morgan fingerprint density at radius 3 is 2.33 bits per heavy atom. The minimum Gasteiger partial charge on any atom is -0.395 e. The summed E-state index contributed by atoms with van der Waals surface area (Å²) in [5.41, 5.74) is 0. The average Bonchev–Trinajstić information content (AvgIpc) is 2.11. The molecule has 0 aliphatic heterocycles. The van der Waals surface area contributed by atoms with Gasteiger partial charge in [-0.1, -0.05) is 27.2 Å². The second-order valence-corrected chi connectivity index (χ2v) is 3.46. The van der Waals surface area contributed by atoms with Crippen LogP contribution in [0.5, 0.6) is 0 Å². The molecule has 12 heavy (non-hydrogen) atoms. The molecule has 1 atom stereocenters. The predicted octanol–water partition coefficient (Wildman–Crippen LogP) is 1.74. The molecule has 0 aliphatic rings. The van der Waals surface area contributed by atoms with E-state index in [1.807, 2.05) is 0 Å². The Balaban J connectivity index is 3.43. The van der Waals surface area contributed by atoms with Gasteiger partial charge in [-0.2, -0.15) is 0 Å². The Hall–Kier alpha value is -0.0800. The maximum atomic E-state index is 8.75. The van der Waals surface area contributed by atoms with Gasteiger partial charge in [0.2, 0.25) is 0 Å². The first-order chi connectivity index (χ1) is 5.74. The first-order valence-electron chi connectivity index (χ1n) is 5.07. The highest BCUT2D eigenvalue weighted by Gasteiger charge is 2.03. The van der Waals surface area contributed by atoms with Gasteiger partial charge in [0.15, 0.2) is 0 Å². The van der Waals surface area contributed by atoms with Crippen LogP contribution in [-0.4, -0.2) is 36.2 Å². The van der Waals surface area contributed by atoms with E-state index in [1.165, 1.54) is 12.8 Å². The molecule has 0 amide bonds. The van der Waals surface area contributed by atoms with Crippen molar-refractivity contribution in [3.8, 4) is 0 Å². The van der Waals surface area contributed by atoms with E-state index < -0.39 is 0 Å². The minimum absolute atomic E-state index is 0.286. The number of rotatable bonds is 7. The summed E-state index contributed by atoms with van der Waals surface area (Å²) in [4.78, 5) is 2.30.